The fourth-order valence-corrected chi connectivity index (χ4v) is 2.16. The van der Waals surface area contributed by atoms with Gasteiger partial charge in [-0.05, 0) is 17.1 Å². The second-order valence-corrected chi connectivity index (χ2v) is 4.66. The number of nitrogens with zero attached hydrogens (tertiary/aromatic N) is 4. The van der Waals surface area contributed by atoms with Crippen LogP contribution in [0.4, 0.5) is 5.82 Å². The van der Waals surface area contributed by atoms with E-state index in [1.165, 1.54) is 0 Å². The minimum Gasteiger partial charge on any atom is -0.481 e. The number of anilines is 1. The lowest BCUT2D eigenvalue weighted by Crippen LogP contribution is -2.13. The second-order valence-electron chi connectivity index (χ2n) is 4.66. The zero-order valence-corrected chi connectivity index (χ0v) is 12.1. The van der Waals surface area contributed by atoms with Crippen LogP contribution in [0.1, 0.15) is 5.56 Å². The zero-order valence-electron chi connectivity index (χ0n) is 12.1. The van der Waals surface area contributed by atoms with Crippen LogP contribution >= 0.6 is 0 Å². The first-order valence-electron chi connectivity index (χ1n) is 6.86. The summed E-state index contributed by atoms with van der Waals surface area (Å²) in [5.74, 6) is 1.42. The molecule has 0 aliphatic carbocycles. The Morgan fingerprint density at radius 3 is 3.00 bits per heavy atom. The molecule has 7 heteroatoms. The lowest BCUT2D eigenvalue weighted by molar-refractivity contribution is 0.398. The van der Waals surface area contributed by atoms with Crippen molar-refractivity contribution in [3.05, 3.63) is 42.4 Å². The highest BCUT2D eigenvalue weighted by Crippen LogP contribution is 2.17. The molecule has 0 aromatic carbocycles. The monoisotopic (exact) mass is 281 g/mol. The molecule has 0 bridgehead atoms. The molecular formula is C14H16BN5O. The molecule has 6 nitrogen and oxygen atoms in total. The van der Waals surface area contributed by atoms with Crippen molar-refractivity contribution >= 4 is 24.2 Å². The molecule has 0 aliphatic heterocycles. The summed E-state index contributed by atoms with van der Waals surface area (Å²) in [6, 6.07) is 5.79. The highest BCUT2D eigenvalue weighted by molar-refractivity contribution is 6.54. The SMILES string of the molecule is CBc1cnn2c(NCc3cccnc3)cc(OC)nc12. The van der Waals surface area contributed by atoms with Crippen molar-refractivity contribution in [2.75, 3.05) is 12.4 Å². The molecule has 0 saturated carbocycles. The summed E-state index contributed by atoms with van der Waals surface area (Å²) < 4.78 is 7.08. The smallest absolute Gasteiger partial charge is 0.218 e. The molecule has 3 aromatic rings. The van der Waals surface area contributed by atoms with E-state index < -0.39 is 0 Å². The normalized spacial score (nSPS) is 10.6. The first kappa shape index (κ1) is 13.4. The highest BCUT2D eigenvalue weighted by Gasteiger charge is 2.11. The number of fused-ring (bicyclic) bond motifs is 1. The summed E-state index contributed by atoms with van der Waals surface area (Å²) in [5.41, 5.74) is 3.02. The fraction of sp³-hybridized carbons (Fsp3) is 0.214. The Kier molecular flexibility index (Phi) is 3.72. The van der Waals surface area contributed by atoms with Gasteiger partial charge in [-0.15, -0.1) is 0 Å². The predicted octanol–water partition coefficient (Wildman–Crippen LogP) is 0.855. The van der Waals surface area contributed by atoms with Crippen LogP contribution in [-0.4, -0.2) is 34.0 Å². The van der Waals surface area contributed by atoms with Crippen LogP contribution in [-0.2, 0) is 6.54 Å². The number of nitrogens with one attached hydrogen (secondary N) is 1. The molecule has 0 saturated heterocycles. The van der Waals surface area contributed by atoms with E-state index in [0.717, 1.165) is 29.8 Å². The van der Waals surface area contributed by atoms with Crippen LogP contribution in [0.3, 0.4) is 0 Å². The summed E-state index contributed by atoms with van der Waals surface area (Å²) in [6.45, 7) is 2.75. The second kappa shape index (κ2) is 5.82. The fourth-order valence-electron chi connectivity index (χ4n) is 2.16. The summed E-state index contributed by atoms with van der Waals surface area (Å²) in [7, 11) is 2.50. The van der Waals surface area contributed by atoms with Gasteiger partial charge in [-0.2, -0.15) is 14.6 Å². The number of pyridine rings is 1. The van der Waals surface area contributed by atoms with Crippen molar-refractivity contribution in [1.82, 2.24) is 19.6 Å². The van der Waals surface area contributed by atoms with E-state index in [-0.39, 0.29) is 0 Å². The van der Waals surface area contributed by atoms with Crippen LogP contribution < -0.4 is 15.5 Å². The quantitative estimate of drug-likeness (QED) is 0.702. The number of hydrogen-bond donors (Lipinski definition) is 1. The van der Waals surface area contributed by atoms with Gasteiger partial charge in [0.25, 0.3) is 0 Å². The minimum atomic E-state index is 0.575. The highest BCUT2D eigenvalue weighted by atomic mass is 16.5. The number of ether oxygens (including phenoxy) is 1. The Morgan fingerprint density at radius 2 is 2.29 bits per heavy atom. The predicted molar refractivity (Wildman–Crippen MR) is 83.7 cm³/mol. The summed E-state index contributed by atoms with van der Waals surface area (Å²) in [6.07, 6.45) is 5.44. The van der Waals surface area contributed by atoms with E-state index in [1.54, 1.807) is 17.8 Å². The van der Waals surface area contributed by atoms with Gasteiger partial charge in [0.15, 0.2) is 12.9 Å². The molecule has 3 aromatic heterocycles. The molecule has 0 unspecified atom stereocenters. The van der Waals surface area contributed by atoms with Crippen molar-refractivity contribution in [1.29, 1.82) is 0 Å². The Hall–Kier alpha value is -2.57. The Balaban J connectivity index is 1.95. The average molecular weight is 281 g/mol. The van der Waals surface area contributed by atoms with E-state index in [0.29, 0.717) is 12.4 Å². The summed E-state index contributed by atoms with van der Waals surface area (Å²) in [4.78, 5) is 8.58. The van der Waals surface area contributed by atoms with E-state index in [2.05, 4.69) is 27.2 Å². The van der Waals surface area contributed by atoms with Crippen molar-refractivity contribution in [2.45, 2.75) is 13.4 Å². The van der Waals surface area contributed by atoms with E-state index >= 15 is 0 Å². The molecule has 0 spiro atoms. The number of rotatable bonds is 5. The van der Waals surface area contributed by atoms with Crippen LogP contribution in [0.25, 0.3) is 5.65 Å². The van der Waals surface area contributed by atoms with E-state index in [1.807, 2.05) is 30.6 Å². The van der Waals surface area contributed by atoms with Crippen LogP contribution in [0.15, 0.2) is 36.8 Å². The molecule has 0 atom stereocenters. The van der Waals surface area contributed by atoms with Gasteiger partial charge in [0.05, 0.1) is 7.11 Å². The van der Waals surface area contributed by atoms with Crippen LogP contribution in [0.2, 0.25) is 6.82 Å². The topological polar surface area (TPSA) is 64.3 Å². The van der Waals surface area contributed by atoms with Gasteiger partial charge in [0.2, 0.25) is 5.88 Å². The lowest BCUT2D eigenvalue weighted by Gasteiger charge is -2.10. The molecule has 3 rings (SSSR count). The van der Waals surface area contributed by atoms with Gasteiger partial charge in [0.1, 0.15) is 5.82 Å². The van der Waals surface area contributed by atoms with Gasteiger partial charge in [0, 0.05) is 31.2 Å². The van der Waals surface area contributed by atoms with E-state index in [9.17, 15) is 0 Å². The molecule has 0 radical (unpaired) electrons. The molecule has 106 valence electrons. The first-order valence-corrected chi connectivity index (χ1v) is 6.86. The molecular weight excluding hydrogens is 265 g/mol. The largest absolute Gasteiger partial charge is 0.481 e. The van der Waals surface area contributed by atoms with Gasteiger partial charge < -0.3 is 10.1 Å². The van der Waals surface area contributed by atoms with E-state index in [4.69, 9.17) is 4.74 Å². The molecule has 3 heterocycles. The standard InChI is InChI=1S/C14H16BN5O/c1-15-11-9-18-20-12(6-13(21-2)19-14(11)20)17-8-10-4-3-5-16-7-10/h3-7,9,15,17H,8H2,1-2H3. The third-order valence-electron chi connectivity index (χ3n) is 3.31. The van der Waals surface area contributed by atoms with Crippen LogP contribution in [0, 0.1) is 0 Å². The Morgan fingerprint density at radius 1 is 1.38 bits per heavy atom. The molecule has 0 aliphatic rings. The van der Waals surface area contributed by atoms with Crippen molar-refractivity contribution < 1.29 is 4.74 Å². The van der Waals surface area contributed by atoms with Gasteiger partial charge in [-0.25, -0.2) is 0 Å². The van der Waals surface area contributed by atoms with Crippen molar-refractivity contribution in [3.8, 4) is 5.88 Å². The maximum atomic E-state index is 5.28. The van der Waals surface area contributed by atoms with Gasteiger partial charge >= 0.3 is 0 Å². The van der Waals surface area contributed by atoms with Crippen molar-refractivity contribution in [3.63, 3.8) is 0 Å². The first-order chi connectivity index (χ1) is 10.3. The van der Waals surface area contributed by atoms with Crippen LogP contribution in [0.5, 0.6) is 5.88 Å². The molecule has 0 amide bonds. The average Bonchev–Trinajstić information content (AvgIpc) is 2.96. The molecule has 0 fully saturated rings. The third kappa shape index (κ3) is 2.67. The maximum Gasteiger partial charge on any atom is 0.218 e. The summed E-state index contributed by atoms with van der Waals surface area (Å²) in [5, 5.41) is 7.75. The minimum absolute atomic E-state index is 0.575. The lowest BCUT2D eigenvalue weighted by atomic mass is 9.75. The molecule has 21 heavy (non-hydrogen) atoms. The zero-order chi connectivity index (χ0) is 14.7. The summed E-state index contributed by atoms with van der Waals surface area (Å²) >= 11 is 0. The number of hydrogen-bond acceptors (Lipinski definition) is 5. The molecule has 1 N–H and O–H groups in total. The Bertz CT molecular complexity index is 744. The number of aromatic nitrogens is 4. The van der Waals surface area contributed by atoms with Gasteiger partial charge in [-0.3, -0.25) is 4.98 Å². The third-order valence-corrected chi connectivity index (χ3v) is 3.31. The van der Waals surface area contributed by atoms with Gasteiger partial charge in [-0.1, -0.05) is 12.9 Å². The Labute approximate surface area is 123 Å². The maximum absolute atomic E-state index is 5.28. The van der Waals surface area contributed by atoms with Crippen molar-refractivity contribution in [2.24, 2.45) is 0 Å². The number of methoxy groups -OCH3 is 1.